The monoisotopic (exact) mass is 320 g/mol. The number of nitrogen functional groups attached to an aromatic ring is 1. The van der Waals surface area contributed by atoms with E-state index in [4.69, 9.17) is 10.5 Å². The summed E-state index contributed by atoms with van der Waals surface area (Å²) in [6, 6.07) is 0.481. The second-order valence-corrected chi connectivity index (χ2v) is 6.62. The third-order valence-corrected chi connectivity index (χ3v) is 4.95. The van der Waals surface area contributed by atoms with Crippen molar-refractivity contribution in [2.45, 2.75) is 37.8 Å². The van der Waals surface area contributed by atoms with Gasteiger partial charge in [-0.3, -0.25) is 0 Å². The molecule has 0 bridgehead atoms. The predicted octanol–water partition coefficient (Wildman–Crippen LogP) is 1.18. The fraction of sp³-hybridized carbons (Fsp3) is 0.750. The lowest BCUT2D eigenvalue weighted by molar-refractivity contribution is 0.120. The van der Waals surface area contributed by atoms with Crippen molar-refractivity contribution in [1.29, 1.82) is 0 Å². The molecule has 0 spiro atoms. The summed E-state index contributed by atoms with van der Waals surface area (Å²) in [5.41, 5.74) is 6.95. The maximum atomic E-state index is 6.32. The quantitative estimate of drug-likeness (QED) is 0.843. The van der Waals surface area contributed by atoms with E-state index in [1.54, 1.807) is 6.33 Å². The maximum absolute atomic E-state index is 6.32. The van der Waals surface area contributed by atoms with Crippen LogP contribution in [0.1, 0.15) is 25.7 Å². The molecule has 3 heterocycles. The largest absolute Gasteiger partial charge is 0.393 e. The van der Waals surface area contributed by atoms with Crippen molar-refractivity contribution >= 4 is 17.3 Å². The van der Waals surface area contributed by atoms with Crippen LogP contribution in [0.25, 0.3) is 0 Å². The Balaban J connectivity index is 1.65. The van der Waals surface area contributed by atoms with Crippen LogP contribution in [-0.4, -0.2) is 67.4 Å². The van der Waals surface area contributed by atoms with Gasteiger partial charge >= 0.3 is 0 Å². The Morgan fingerprint density at radius 1 is 1.35 bits per heavy atom. The van der Waals surface area contributed by atoms with Crippen molar-refractivity contribution in [3.05, 3.63) is 6.33 Å². The van der Waals surface area contributed by atoms with Gasteiger partial charge in [-0.25, -0.2) is 9.97 Å². The van der Waals surface area contributed by atoms with E-state index in [9.17, 15) is 0 Å². The van der Waals surface area contributed by atoms with E-state index in [0.717, 1.165) is 57.7 Å². The molecule has 2 aliphatic heterocycles. The number of nitrogens with one attached hydrogen (secondary N) is 1. The molecule has 0 aliphatic carbocycles. The molecule has 7 nitrogen and oxygen atoms in total. The molecule has 0 radical (unpaired) electrons. The minimum absolute atomic E-state index is 0.263. The van der Waals surface area contributed by atoms with Crippen molar-refractivity contribution in [2.24, 2.45) is 0 Å². The van der Waals surface area contributed by atoms with Gasteiger partial charge in [-0.1, -0.05) is 0 Å². The van der Waals surface area contributed by atoms with Gasteiger partial charge in [0.2, 0.25) is 0 Å². The number of rotatable bonds is 5. The predicted molar refractivity (Wildman–Crippen MR) is 92.8 cm³/mol. The Labute approximate surface area is 138 Å². The second kappa shape index (κ2) is 7.31. The summed E-state index contributed by atoms with van der Waals surface area (Å²) >= 11 is 0. The van der Waals surface area contributed by atoms with E-state index in [-0.39, 0.29) is 6.10 Å². The fourth-order valence-electron chi connectivity index (χ4n) is 3.38. The Hall–Kier alpha value is -1.60. The van der Waals surface area contributed by atoms with Crippen molar-refractivity contribution < 1.29 is 4.74 Å². The summed E-state index contributed by atoms with van der Waals surface area (Å²) in [7, 11) is 4.25. The topological polar surface area (TPSA) is 79.5 Å². The van der Waals surface area contributed by atoms with Crippen LogP contribution in [0.2, 0.25) is 0 Å². The number of ether oxygens (including phenoxy) is 1. The highest BCUT2D eigenvalue weighted by molar-refractivity contribution is 5.75. The minimum atomic E-state index is 0.263. The Morgan fingerprint density at radius 2 is 2.13 bits per heavy atom. The van der Waals surface area contributed by atoms with Crippen LogP contribution in [0.3, 0.4) is 0 Å². The Morgan fingerprint density at radius 3 is 2.83 bits per heavy atom. The van der Waals surface area contributed by atoms with Gasteiger partial charge in [0.1, 0.15) is 12.0 Å². The molecule has 1 atom stereocenters. The third-order valence-electron chi connectivity index (χ3n) is 4.95. The molecule has 2 aliphatic rings. The fourth-order valence-corrected chi connectivity index (χ4v) is 3.38. The molecule has 128 valence electrons. The van der Waals surface area contributed by atoms with Crippen LogP contribution in [0.15, 0.2) is 6.33 Å². The molecule has 3 rings (SSSR count). The van der Waals surface area contributed by atoms with Gasteiger partial charge < -0.3 is 25.6 Å². The van der Waals surface area contributed by atoms with Gasteiger partial charge in [0, 0.05) is 26.2 Å². The van der Waals surface area contributed by atoms with E-state index >= 15 is 0 Å². The first-order valence-electron chi connectivity index (χ1n) is 8.52. The molecule has 2 fully saturated rings. The van der Waals surface area contributed by atoms with Crippen molar-refractivity contribution in [1.82, 2.24) is 14.9 Å². The van der Waals surface area contributed by atoms with E-state index in [0.29, 0.717) is 17.5 Å². The molecule has 0 saturated carbocycles. The molecular weight excluding hydrogens is 292 g/mol. The van der Waals surface area contributed by atoms with Crippen molar-refractivity contribution in [3.63, 3.8) is 0 Å². The summed E-state index contributed by atoms with van der Waals surface area (Å²) in [5, 5.41) is 3.32. The molecule has 2 saturated heterocycles. The van der Waals surface area contributed by atoms with Crippen LogP contribution >= 0.6 is 0 Å². The lowest BCUT2D eigenvalue weighted by Gasteiger charge is -2.36. The van der Waals surface area contributed by atoms with Gasteiger partial charge in [0.05, 0.1) is 6.10 Å². The number of nitrogens with zero attached hydrogens (tertiary/aromatic N) is 4. The average Bonchev–Trinajstić information content (AvgIpc) is 3.07. The number of piperidine rings is 1. The first kappa shape index (κ1) is 16.3. The van der Waals surface area contributed by atoms with Crippen LogP contribution in [0.4, 0.5) is 17.3 Å². The number of aromatic nitrogens is 2. The first-order chi connectivity index (χ1) is 11.1. The molecule has 7 heteroatoms. The number of anilines is 3. The molecule has 23 heavy (non-hydrogen) atoms. The van der Waals surface area contributed by atoms with Gasteiger partial charge in [0.25, 0.3) is 0 Å². The minimum Gasteiger partial charge on any atom is -0.393 e. The molecule has 1 aromatic rings. The summed E-state index contributed by atoms with van der Waals surface area (Å²) in [5.74, 6) is 1.54. The highest BCUT2D eigenvalue weighted by atomic mass is 16.5. The van der Waals surface area contributed by atoms with E-state index in [1.807, 2.05) is 0 Å². The zero-order chi connectivity index (χ0) is 16.2. The number of hydrogen-bond donors (Lipinski definition) is 2. The van der Waals surface area contributed by atoms with Crippen LogP contribution in [0, 0.1) is 0 Å². The van der Waals surface area contributed by atoms with Crippen molar-refractivity contribution in [3.8, 4) is 0 Å². The Kier molecular flexibility index (Phi) is 5.17. The molecule has 0 amide bonds. The van der Waals surface area contributed by atoms with Gasteiger partial charge in [-0.05, 0) is 45.8 Å². The standard InChI is InChI=1S/C16H28N6O/c1-21-7-5-12(6-8-21)22(2)16-14(17)15(19-11-20-16)18-10-13-4-3-9-23-13/h11-13H,3-10,17H2,1-2H3,(H,18,19,20). The summed E-state index contributed by atoms with van der Waals surface area (Å²) < 4.78 is 5.64. The lowest BCUT2D eigenvalue weighted by atomic mass is 10.0. The van der Waals surface area contributed by atoms with Crippen LogP contribution in [-0.2, 0) is 4.74 Å². The van der Waals surface area contributed by atoms with Gasteiger partial charge in [-0.15, -0.1) is 0 Å². The van der Waals surface area contributed by atoms with Gasteiger partial charge in [-0.2, -0.15) is 0 Å². The highest BCUT2D eigenvalue weighted by Crippen LogP contribution is 2.29. The molecule has 0 aromatic carbocycles. The first-order valence-corrected chi connectivity index (χ1v) is 8.52. The average molecular weight is 320 g/mol. The van der Waals surface area contributed by atoms with E-state index in [2.05, 4.69) is 39.2 Å². The molecular formula is C16H28N6O. The van der Waals surface area contributed by atoms with Crippen LogP contribution < -0.4 is 16.0 Å². The Bertz CT molecular complexity index is 511. The summed E-state index contributed by atoms with van der Waals surface area (Å²) in [6.45, 7) is 3.84. The van der Waals surface area contributed by atoms with Crippen LogP contribution in [0.5, 0.6) is 0 Å². The number of nitrogens with two attached hydrogens (primary N) is 1. The van der Waals surface area contributed by atoms with E-state index < -0.39 is 0 Å². The van der Waals surface area contributed by atoms with Crippen molar-refractivity contribution in [2.75, 3.05) is 56.3 Å². The number of likely N-dealkylation sites (tertiary alicyclic amines) is 1. The smallest absolute Gasteiger partial charge is 0.157 e. The van der Waals surface area contributed by atoms with E-state index in [1.165, 1.54) is 0 Å². The number of hydrogen-bond acceptors (Lipinski definition) is 7. The lowest BCUT2D eigenvalue weighted by Crippen LogP contribution is -2.42. The molecule has 1 aromatic heterocycles. The SMILES string of the molecule is CN1CCC(N(C)c2ncnc(NCC3CCCO3)c2N)CC1. The molecule has 3 N–H and O–H groups in total. The zero-order valence-electron chi connectivity index (χ0n) is 14.2. The zero-order valence-corrected chi connectivity index (χ0v) is 14.2. The third kappa shape index (κ3) is 3.84. The summed E-state index contributed by atoms with van der Waals surface area (Å²) in [6.07, 6.45) is 6.36. The highest BCUT2D eigenvalue weighted by Gasteiger charge is 2.24. The maximum Gasteiger partial charge on any atom is 0.157 e. The second-order valence-electron chi connectivity index (χ2n) is 6.62. The molecule has 1 unspecified atom stereocenters. The normalized spacial score (nSPS) is 23.1. The van der Waals surface area contributed by atoms with Gasteiger partial charge in [0.15, 0.2) is 11.6 Å². The summed E-state index contributed by atoms with van der Waals surface area (Å²) in [4.78, 5) is 13.3.